The Morgan fingerprint density at radius 3 is 2.26 bits per heavy atom. The minimum Gasteiger partial charge on any atom is -0.338 e. The van der Waals surface area contributed by atoms with E-state index in [0.29, 0.717) is 13.0 Å². The van der Waals surface area contributed by atoms with Gasteiger partial charge in [-0.25, -0.2) is 0 Å². The summed E-state index contributed by atoms with van der Waals surface area (Å²) < 4.78 is 0. The summed E-state index contributed by atoms with van der Waals surface area (Å²) in [7, 11) is 3.43. The largest absolute Gasteiger partial charge is 0.338 e. The van der Waals surface area contributed by atoms with Gasteiger partial charge >= 0.3 is 0 Å². The van der Waals surface area contributed by atoms with E-state index in [4.69, 9.17) is 0 Å². The summed E-state index contributed by atoms with van der Waals surface area (Å²) in [6, 6.07) is -1.16. The number of hydrogen-bond acceptors (Lipinski definition) is 3. The Hall–Kier alpha value is -1.59. The zero-order valence-electron chi connectivity index (χ0n) is 14.3. The first-order chi connectivity index (χ1) is 10.9. The van der Waals surface area contributed by atoms with Crippen LogP contribution in [-0.2, 0) is 14.4 Å². The third-order valence-corrected chi connectivity index (χ3v) is 5.99. The summed E-state index contributed by atoms with van der Waals surface area (Å²) in [5.74, 6) is 0.0406. The molecule has 3 rings (SSSR count). The molecule has 3 atom stereocenters. The molecule has 0 aromatic carbocycles. The number of hydrogen-bond donors (Lipinski definition) is 0. The predicted octanol–water partition coefficient (Wildman–Crippen LogP) is 0.855. The molecule has 128 valence electrons. The Bertz CT molecular complexity index is 515. The lowest BCUT2D eigenvalue weighted by Gasteiger charge is -2.33. The molecule has 2 aliphatic heterocycles. The minimum absolute atomic E-state index is 0.0414. The highest BCUT2D eigenvalue weighted by Crippen LogP contribution is 2.32. The smallest absolute Gasteiger partial charge is 0.247 e. The highest BCUT2D eigenvalue weighted by atomic mass is 16.2. The number of carbonyl (C=O) groups is 3. The minimum atomic E-state index is -0.506. The van der Waals surface area contributed by atoms with Crippen molar-refractivity contribution in [3.8, 4) is 0 Å². The van der Waals surface area contributed by atoms with Crippen molar-refractivity contribution in [3.05, 3.63) is 0 Å². The van der Waals surface area contributed by atoms with Crippen molar-refractivity contribution >= 4 is 17.7 Å². The molecule has 2 saturated heterocycles. The standard InChI is InChI=1S/C17H27N3O3/c1-11-15(21)19(3)13-9-10-20(14(13)17(23)18(11)2)16(22)12-7-5-4-6-8-12/h11-14H,4-10H2,1-3H3/t11-,13+,14-/m0/s1. The Kier molecular flexibility index (Phi) is 4.34. The Balaban J connectivity index is 1.86. The van der Waals surface area contributed by atoms with Crippen LogP contribution in [0.2, 0.25) is 0 Å². The molecule has 1 aliphatic carbocycles. The number of rotatable bonds is 1. The summed E-state index contributed by atoms with van der Waals surface area (Å²) in [6.07, 6.45) is 5.96. The van der Waals surface area contributed by atoms with Crippen molar-refractivity contribution in [2.75, 3.05) is 20.6 Å². The van der Waals surface area contributed by atoms with E-state index in [9.17, 15) is 14.4 Å². The Morgan fingerprint density at radius 2 is 1.61 bits per heavy atom. The van der Waals surface area contributed by atoms with Crippen LogP contribution >= 0.6 is 0 Å². The zero-order valence-corrected chi connectivity index (χ0v) is 14.3. The van der Waals surface area contributed by atoms with Gasteiger partial charge < -0.3 is 14.7 Å². The molecule has 6 nitrogen and oxygen atoms in total. The van der Waals surface area contributed by atoms with E-state index in [2.05, 4.69) is 0 Å². The summed E-state index contributed by atoms with van der Waals surface area (Å²) >= 11 is 0. The van der Waals surface area contributed by atoms with Crippen molar-refractivity contribution in [1.29, 1.82) is 0 Å². The number of carbonyl (C=O) groups excluding carboxylic acids is 3. The van der Waals surface area contributed by atoms with Gasteiger partial charge in [0.15, 0.2) is 0 Å². The molecule has 3 aliphatic rings. The lowest BCUT2D eigenvalue weighted by atomic mass is 9.88. The molecule has 0 radical (unpaired) electrons. The van der Waals surface area contributed by atoms with E-state index in [1.54, 1.807) is 30.8 Å². The summed E-state index contributed by atoms with van der Waals surface area (Å²) in [6.45, 7) is 2.33. The second-order valence-corrected chi connectivity index (χ2v) is 7.24. The van der Waals surface area contributed by atoms with E-state index < -0.39 is 12.1 Å². The molecule has 0 aromatic heterocycles. The normalized spacial score (nSPS) is 33.0. The maximum Gasteiger partial charge on any atom is 0.247 e. The number of fused-ring (bicyclic) bond motifs is 1. The molecule has 0 spiro atoms. The summed E-state index contributed by atoms with van der Waals surface area (Å²) in [5.41, 5.74) is 0. The maximum absolute atomic E-state index is 12.9. The van der Waals surface area contributed by atoms with Gasteiger partial charge in [-0.2, -0.15) is 0 Å². The molecule has 0 aromatic rings. The van der Waals surface area contributed by atoms with Crippen LogP contribution in [0.15, 0.2) is 0 Å². The molecular weight excluding hydrogens is 294 g/mol. The van der Waals surface area contributed by atoms with Crippen LogP contribution in [0.4, 0.5) is 0 Å². The number of likely N-dealkylation sites (tertiary alicyclic amines) is 1. The van der Waals surface area contributed by atoms with Gasteiger partial charge in [-0.15, -0.1) is 0 Å². The van der Waals surface area contributed by atoms with E-state index in [0.717, 1.165) is 25.7 Å². The fraction of sp³-hybridized carbons (Fsp3) is 0.824. The Labute approximate surface area is 137 Å². The first-order valence-electron chi connectivity index (χ1n) is 8.77. The molecule has 3 amide bonds. The predicted molar refractivity (Wildman–Crippen MR) is 85.5 cm³/mol. The second kappa shape index (κ2) is 6.13. The van der Waals surface area contributed by atoms with Crippen LogP contribution in [0.25, 0.3) is 0 Å². The van der Waals surface area contributed by atoms with E-state index >= 15 is 0 Å². The number of likely N-dealkylation sites (N-methyl/N-ethyl adjacent to an activating group) is 2. The average Bonchev–Trinajstić information content (AvgIpc) is 3.01. The van der Waals surface area contributed by atoms with Crippen LogP contribution in [0, 0.1) is 5.92 Å². The lowest BCUT2D eigenvalue weighted by Crippen LogP contribution is -2.53. The van der Waals surface area contributed by atoms with Crippen LogP contribution in [0.3, 0.4) is 0 Å². The number of amides is 3. The average molecular weight is 321 g/mol. The molecule has 1 saturated carbocycles. The summed E-state index contributed by atoms with van der Waals surface area (Å²) in [5, 5.41) is 0. The highest BCUT2D eigenvalue weighted by Gasteiger charge is 2.50. The third-order valence-electron chi connectivity index (χ3n) is 5.99. The third kappa shape index (κ3) is 2.62. The van der Waals surface area contributed by atoms with E-state index in [1.165, 1.54) is 11.3 Å². The van der Waals surface area contributed by atoms with Crippen LogP contribution in [-0.4, -0.2) is 71.2 Å². The van der Waals surface area contributed by atoms with Gasteiger partial charge in [0.1, 0.15) is 12.1 Å². The fourth-order valence-electron chi connectivity index (χ4n) is 4.33. The van der Waals surface area contributed by atoms with Gasteiger partial charge in [-0.1, -0.05) is 19.3 Å². The Morgan fingerprint density at radius 1 is 0.957 bits per heavy atom. The van der Waals surface area contributed by atoms with Gasteiger partial charge in [-0.05, 0) is 26.2 Å². The van der Waals surface area contributed by atoms with Gasteiger partial charge in [0.05, 0.1) is 6.04 Å². The first kappa shape index (κ1) is 16.3. The highest BCUT2D eigenvalue weighted by molar-refractivity contribution is 5.95. The summed E-state index contributed by atoms with van der Waals surface area (Å²) in [4.78, 5) is 43.2. The topological polar surface area (TPSA) is 60.9 Å². The molecule has 23 heavy (non-hydrogen) atoms. The van der Waals surface area contributed by atoms with E-state index in [1.807, 2.05) is 0 Å². The monoisotopic (exact) mass is 321 g/mol. The maximum atomic E-state index is 12.9. The van der Waals surface area contributed by atoms with Crippen molar-refractivity contribution in [1.82, 2.24) is 14.7 Å². The lowest BCUT2D eigenvalue weighted by molar-refractivity contribution is -0.147. The molecule has 3 fully saturated rings. The van der Waals surface area contributed by atoms with Crippen molar-refractivity contribution in [3.63, 3.8) is 0 Å². The number of nitrogens with zero attached hydrogens (tertiary/aromatic N) is 3. The second-order valence-electron chi connectivity index (χ2n) is 7.24. The van der Waals surface area contributed by atoms with Crippen molar-refractivity contribution in [2.45, 2.75) is 63.6 Å². The zero-order chi connectivity index (χ0) is 16.7. The molecule has 6 heteroatoms. The van der Waals surface area contributed by atoms with Gasteiger partial charge in [0, 0.05) is 26.6 Å². The molecular formula is C17H27N3O3. The quantitative estimate of drug-likeness (QED) is 0.719. The van der Waals surface area contributed by atoms with Gasteiger partial charge in [0.2, 0.25) is 17.7 Å². The SMILES string of the molecule is C[C@H]1C(=O)N(C)[C@@H]2CCN(C(=O)C3CCCCC3)[C@@H]2C(=O)N1C. The first-order valence-corrected chi connectivity index (χ1v) is 8.77. The fourth-order valence-corrected chi connectivity index (χ4v) is 4.33. The molecule has 0 unspecified atom stereocenters. The van der Waals surface area contributed by atoms with Crippen LogP contribution in [0.1, 0.15) is 45.4 Å². The van der Waals surface area contributed by atoms with Crippen LogP contribution in [0.5, 0.6) is 0 Å². The van der Waals surface area contributed by atoms with Crippen LogP contribution < -0.4 is 0 Å². The van der Waals surface area contributed by atoms with Crippen molar-refractivity contribution in [2.24, 2.45) is 5.92 Å². The van der Waals surface area contributed by atoms with Crippen molar-refractivity contribution < 1.29 is 14.4 Å². The van der Waals surface area contributed by atoms with Gasteiger partial charge in [0.25, 0.3) is 0 Å². The molecule has 0 bridgehead atoms. The molecule has 2 heterocycles. The van der Waals surface area contributed by atoms with Gasteiger partial charge in [-0.3, -0.25) is 14.4 Å². The van der Waals surface area contributed by atoms with E-state index in [-0.39, 0.29) is 29.7 Å². The molecule has 0 N–H and O–H groups in total.